The average Bonchev–Trinajstić information content (AvgIpc) is 2.63. The number of fused-ring (bicyclic) bond motifs is 1. The molecule has 3 rings (SSSR count). The SMILES string of the molecule is CC(C)[C@@H](CN1CC[C@@H](C)[C@@H](C)C1)NC(=O)[C@H]1Cc2ccc(O)cc2CN1. The normalized spacial score (nSPS) is 27.2. The van der Waals surface area contributed by atoms with E-state index in [-0.39, 0.29) is 23.7 Å². The maximum atomic E-state index is 12.9. The van der Waals surface area contributed by atoms with Crippen molar-refractivity contribution in [1.29, 1.82) is 0 Å². The molecular formula is C22H35N3O2. The molecule has 3 N–H and O–H groups in total. The summed E-state index contributed by atoms with van der Waals surface area (Å²) >= 11 is 0. The topological polar surface area (TPSA) is 64.6 Å². The highest BCUT2D eigenvalue weighted by Gasteiger charge is 2.29. The number of hydrogen-bond donors (Lipinski definition) is 3. The minimum Gasteiger partial charge on any atom is -0.508 e. The number of phenolic OH excluding ortho intramolecular Hbond substituents is 1. The van der Waals surface area contributed by atoms with Crippen LogP contribution in [0.3, 0.4) is 0 Å². The van der Waals surface area contributed by atoms with Crippen LogP contribution in [0.2, 0.25) is 0 Å². The van der Waals surface area contributed by atoms with E-state index in [1.807, 2.05) is 6.07 Å². The number of nitrogens with zero attached hydrogens (tertiary/aromatic N) is 1. The summed E-state index contributed by atoms with van der Waals surface area (Å²) in [5, 5.41) is 16.3. The van der Waals surface area contributed by atoms with E-state index >= 15 is 0 Å². The van der Waals surface area contributed by atoms with Crippen LogP contribution in [0.15, 0.2) is 18.2 Å². The summed E-state index contributed by atoms with van der Waals surface area (Å²) in [4.78, 5) is 15.4. The zero-order valence-electron chi connectivity index (χ0n) is 17.2. The highest BCUT2D eigenvalue weighted by molar-refractivity contribution is 5.82. The number of carbonyl (C=O) groups excluding carboxylic acids is 1. The molecule has 2 aliphatic heterocycles. The van der Waals surface area contributed by atoms with Crippen molar-refractivity contribution in [1.82, 2.24) is 15.5 Å². The smallest absolute Gasteiger partial charge is 0.237 e. The fourth-order valence-electron chi connectivity index (χ4n) is 4.19. The summed E-state index contributed by atoms with van der Waals surface area (Å²) in [5.74, 6) is 2.28. The second-order valence-corrected chi connectivity index (χ2v) is 8.95. The van der Waals surface area contributed by atoms with Gasteiger partial charge in [-0.05, 0) is 60.4 Å². The van der Waals surface area contributed by atoms with Crippen molar-refractivity contribution in [3.63, 3.8) is 0 Å². The van der Waals surface area contributed by atoms with Gasteiger partial charge in [0.05, 0.1) is 6.04 Å². The third-order valence-corrected chi connectivity index (χ3v) is 6.47. The number of carbonyl (C=O) groups is 1. The van der Waals surface area contributed by atoms with E-state index in [0.29, 0.717) is 18.9 Å². The first-order valence-electron chi connectivity index (χ1n) is 10.4. The van der Waals surface area contributed by atoms with Gasteiger partial charge in [-0.15, -0.1) is 0 Å². The molecule has 2 heterocycles. The van der Waals surface area contributed by atoms with Gasteiger partial charge in [-0.25, -0.2) is 0 Å². The molecule has 1 aromatic rings. The molecule has 5 nitrogen and oxygen atoms in total. The molecule has 0 saturated carbocycles. The Morgan fingerprint density at radius 1 is 1.30 bits per heavy atom. The predicted octanol–water partition coefficient (Wildman–Crippen LogP) is 2.53. The first-order valence-corrected chi connectivity index (χ1v) is 10.4. The van der Waals surface area contributed by atoms with Crippen molar-refractivity contribution < 1.29 is 9.90 Å². The number of benzene rings is 1. The van der Waals surface area contributed by atoms with Crippen LogP contribution in [-0.4, -0.2) is 47.6 Å². The monoisotopic (exact) mass is 373 g/mol. The maximum absolute atomic E-state index is 12.9. The Morgan fingerprint density at radius 3 is 2.78 bits per heavy atom. The third kappa shape index (κ3) is 5.02. The van der Waals surface area contributed by atoms with E-state index in [9.17, 15) is 9.90 Å². The Morgan fingerprint density at radius 2 is 2.07 bits per heavy atom. The molecular weight excluding hydrogens is 338 g/mol. The number of nitrogens with one attached hydrogen (secondary N) is 2. The van der Waals surface area contributed by atoms with Crippen LogP contribution in [0.4, 0.5) is 0 Å². The molecule has 27 heavy (non-hydrogen) atoms. The lowest BCUT2D eigenvalue weighted by atomic mass is 9.88. The third-order valence-electron chi connectivity index (χ3n) is 6.47. The van der Waals surface area contributed by atoms with Gasteiger partial charge >= 0.3 is 0 Å². The fraction of sp³-hybridized carbons (Fsp3) is 0.682. The molecule has 0 spiro atoms. The molecule has 1 saturated heterocycles. The van der Waals surface area contributed by atoms with Crippen molar-refractivity contribution in [2.24, 2.45) is 17.8 Å². The Balaban J connectivity index is 1.58. The van der Waals surface area contributed by atoms with E-state index in [0.717, 1.165) is 42.6 Å². The molecule has 0 unspecified atom stereocenters. The lowest BCUT2D eigenvalue weighted by Gasteiger charge is -2.38. The highest BCUT2D eigenvalue weighted by atomic mass is 16.3. The molecule has 1 amide bonds. The van der Waals surface area contributed by atoms with Crippen molar-refractivity contribution in [2.75, 3.05) is 19.6 Å². The Labute approximate surface area is 163 Å². The van der Waals surface area contributed by atoms with Gasteiger partial charge in [0.15, 0.2) is 0 Å². The second kappa shape index (κ2) is 8.61. The molecule has 0 aliphatic carbocycles. The van der Waals surface area contributed by atoms with Gasteiger partial charge in [-0.2, -0.15) is 0 Å². The summed E-state index contributed by atoms with van der Waals surface area (Å²) in [5.41, 5.74) is 2.22. The van der Waals surface area contributed by atoms with Crippen molar-refractivity contribution >= 4 is 5.91 Å². The molecule has 0 aromatic heterocycles. The van der Waals surface area contributed by atoms with Crippen molar-refractivity contribution in [3.05, 3.63) is 29.3 Å². The molecule has 0 radical (unpaired) electrons. The van der Waals surface area contributed by atoms with Crippen LogP contribution in [0, 0.1) is 17.8 Å². The molecule has 1 aromatic carbocycles. The number of rotatable bonds is 5. The summed E-state index contributed by atoms with van der Waals surface area (Å²) < 4.78 is 0. The van der Waals surface area contributed by atoms with Crippen LogP contribution in [0.25, 0.3) is 0 Å². The highest BCUT2D eigenvalue weighted by Crippen LogP contribution is 2.24. The number of amides is 1. The maximum Gasteiger partial charge on any atom is 0.237 e. The van der Waals surface area contributed by atoms with Crippen LogP contribution in [0.1, 0.15) is 45.2 Å². The predicted molar refractivity (Wildman–Crippen MR) is 109 cm³/mol. The number of likely N-dealkylation sites (tertiary alicyclic amines) is 1. The van der Waals surface area contributed by atoms with E-state index in [1.165, 1.54) is 6.42 Å². The van der Waals surface area contributed by atoms with E-state index in [1.54, 1.807) is 12.1 Å². The molecule has 4 atom stereocenters. The zero-order valence-corrected chi connectivity index (χ0v) is 17.2. The first kappa shape index (κ1) is 20.2. The number of piperidine rings is 1. The van der Waals surface area contributed by atoms with Gasteiger partial charge in [0.2, 0.25) is 5.91 Å². The van der Waals surface area contributed by atoms with Gasteiger partial charge in [0.1, 0.15) is 5.75 Å². The van der Waals surface area contributed by atoms with E-state index in [2.05, 4.69) is 43.2 Å². The van der Waals surface area contributed by atoms with Crippen molar-refractivity contribution in [3.8, 4) is 5.75 Å². The van der Waals surface area contributed by atoms with Gasteiger partial charge in [-0.1, -0.05) is 33.8 Å². The molecule has 5 heteroatoms. The van der Waals surface area contributed by atoms with Crippen LogP contribution < -0.4 is 10.6 Å². The zero-order chi connectivity index (χ0) is 19.6. The Kier molecular flexibility index (Phi) is 6.43. The summed E-state index contributed by atoms with van der Waals surface area (Å²) in [6, 6.07) is 5.38. The van der Waals surface area contributed by atoms with Crippen LogP contribution in [0.5, 0.6) is 5.75 Å². The Hall–Kier alpha value is -1.59. The van der Waals surface area contributed by atoms with E-state index in [4.69, 9.17) is 0 Å². The molecule has 1 fully saturated rings. The van der Waals surface area contributed by atoms with Crippen LogP contribution in [-0.2, 0) is 17.8 Å². The van der Waals surface area contributed by atoms with Gasteiger partial charge in [0, 0.05) is 25.7 Å². The summed E-state index contributed by atoms with van der Waals surface area (Å²) in [6.07, 6.45) is 1.91. The lowest BCUT2D eigenvalue weighted by Crippen LogP contribution is -2.55. The fourth-order valence-corrected chi connectivity index (χ4v) is 4.19. The molecule has 0 bridgehead atoms. The van der Waals surface area contributed by atoms with Gasteiger partial charge in [0.25, 0.3) is 0 Å². The number of aromatic hydroxyl groups is 1. The van der Waals surface area contributed by atoms with Crippen molar-refractivity contribution in [2.45, 2.75) is 59.2 Å². The lowest BCUT2D eigenvalue weighted by molar-refractivity contribution is -0.124. The number of phenols is 1. The van der Waals surface area contributed by atoms with Gasteiger partial charge < -0.3 is 20.6 Å². The average molecular weight is 374 g/mol. The van der Waals surface area contributed by atoms with Gasteiger partial charge in [-0.3, -0.25) is 4.79 Å². The quantitative estimate of drug-likeness (QED) is 0.742. The van der Waals surface area contributed by atoms with Crippen LogP contribution >= 0.6 is 0 Å². The largest absolute Gasteiger partial charge is 0.508 e. The summed E-state index contributed by atoms with van der Waals surface area (Å²) in [7, 11) is 0. The standard InChI is InChI=1S/C22H35N3O2/c1-14(2)21(13-25-8-7-15(3)16(4)12-25)24-22(27)20-10-17-5-6-19(26)9-18(17)11-23-20/h5-6,9,14-16,20-21,23,26H,7-8,10-13H2,1-4H3,(H,24,27)/t15-,16+,20-,21-/m1/s1. The molecule has 150 valence electrons. The summed E-state index contributed by atoms with van der Waals surface area (Å²) in [6.45, 7) is 12.9. The second-order valence-electron chi connectivity index (χ2n) is 8.95. The molecule has 2 aliphatic rings. The van der Waals surface area contributed by atoms with E-state index < -0.39 is 0 Å². The Bertz CT molecular complexity index is 661. The first-order chi connectivity index (χ1) is 12.8. The minimum atomic E-state index is -0.205. The minimum absolute atomic E-state index is 0.0888. The number of hydrogen-bond acceptors (Lipinski definition) is 4.